The highest BCUT2D eigenvalue weighted by molar-refractivity contribution is 6.30. The van der Waals surface area contributed by atoms with Crippen molar-refractivity contribution in [3.63, 3.8) is 0 Å². The van der Waals surface area contributed by atoms with Crippen molar-refractivity contribution < 1.29 is 9.47 Å². The average Bonchev–Trinajstić information content (AvgIpc) is 2.47. The van der Waals surface area contributed by atoms with Crippen molar-refractivity contribution in [3.05, 3.63) is 58.6 Å². The topological polar surface area (TPSA) is 44.5 Å². The van der Waals surface area contributed by atoms with Gasteiger partial charge < -0.3 is 15.2 Å². The lowest BCUT2D eigenvalue weighted by Crippen LogP contribution is -2.06. The molecule has 3 nitrogen and oxygen atoms in total. The van der Waals surface area contributed by atoms with Crippen LogP contribution in [0.1, 0.15) is 11.1 Å². The second-order valence-electron chi connectivity index (χ2n) is 4.41. The molecule has 2 aromatic rings. The molecule has 2 N–H and O–H groups in total. The van der Waals surface area contributed by atoms with Crippen LogP contribution >= 0.6 is 11.6 Å². The van der Waals surface area contributed by atoms with E-state index in [2.05, 4.69) is 0 Å². The Balaban J connectivity index is 2.24. The number of ether oxygens (including phenoxy) is 2. The average molecular weight is 292 g/mol. The molecule has 0 aromatic heterocycles. The summed E-state index contributed by atoms with van der Waals surface area (Å²) < 4.78 is 11.3. The monoisotopic (exact) mass is 291 g/mol. The molecule has 2 aromatic carbocycles. The van der Waals surface area contributed by atoms with Crippen LogP contribution in [0.4, 0.5) is 0 Å². The van der Waals surface area contributed by atoms with Crippen LogP contribution in [-0.2, 0) is 13.0 Å². The summed E-state index contributed by atoms with van der Waals surface area (Å²) in [5.74, 6) is 1.35. The van der Waals surface area contributed by atoms with Crippen LogP contribution in [0.15, 0.2) is 42.5 Å². The molecule has 0 spiro atoms. The molecular formula is C16H18ClNO2. The van der Waals surface area contributed by atoms with E-state index in [1.54, 1.807) is 13.2 Å². The Morgan fingerprint density at radius 3 is 2.55 bits per heavy atom. The fourth-order valence-electron chi connectivity index (χ4n) is 2.01. The van der Waals surface area contributed by atoms with Gasteiger partial charge in [-0.25, -0.2) is 0 Å². The zero-order valence-corrected chi connectivity index (χ0v) is 12.2. The van der Waals surface area contributed by atoms with E-state index in [0.29, 0.717) is 36.1 Å². The number of benzene rings is 2. The third-order valence-electron chi connectivity index (χ3n) is 2.96. The summed E-state index contributed by atoms with van der Waals surface area (Å²) in [5, 5.41) is 0.623. The van der Waals surface area contributed by atoms with Crippen LogP contribution in [-0.4, -0.2) is 13.7 Å². The molecule has 0 unspecified atom stereocenters. The maximum absolute atomic E-state index is 6.08. The number of nitrogens with two attached hydrogens (primary N) is 1. The van der Waals surface area contributed by atoms with Gasteiger partial charge in [0, 0.05) is 16.7 Å². The van der Waals surface area contributed by atoms with Crippen molar-refractivity contribution in [2.45, 2.75) is 13.0 Å². The van der Waals surface area contributed by atoms with Gasteiger partial charge in [0.25, 0.3) is 0 Å². The van der Waals surface area contributed by atoms with Crippen LogP contribution < -0.4 is 15.2 Å². The van der Waals surface area contributed by atoms with E-state index in [1.165, 1.54) is 0 Å². The van der Waals surface area contributed by atoms with Crippen molar-refractivity contribution >= 4 is 11.6 Å². The molecule has 0 saturated heterocycles. The maximum atomic E-state index is 6.08. The van der Waals surface area contributed by atoms with E-state index < -0.39 is 0 Å². The number of rotatable bonds is 6. The van der Waals surface area contributed by atoms with E-state index in [1.807, 2.05) is 36.4 Å². The minimum absolute atomic E-state index is 0.483. The fourth-order valence-corrected chi connectivity index (χ4v) is 2.24. The molecule has 20 heavy (non-hydrogen) atoms. The number of hydrogen-bond acceptors (Lipinski definition) is 3. The molecule has 0 bridgehead atoms. The lowest BCUT2D eigenvalue weighted by Gasteiger charge is -2.15. The van der Waals surface area contributed by atoms with Gasteiger partial charge in [-0.05, 0) is 24.6 Å². The van der Waals surface area contributed by atoms with Crippen molar-refractivity contribution in [2.24, 2.45) is 5.73 Å². The van der Waals surface area contributed by atoms with Gasteiger partial charge in [-0.15, -0.1) is 0 Å². The summed E-state index contributed by atoms with van der Waals surface area (Å²) in [6.07, 6.45) is 0.695. The van der Waals surface area contributed by atoms with Crippen molar-refractivity contribution in [2.75, 3.05) is 13.7 Å². The zero-order chi connectivity index (χ0) is 14.4. The largest absolute Gasteiger partial charge is 0.493 e. The Labute approximate surface area is 124 Å². The molecule has 0 aliphatic rings. The van der Waals surface area contributed by atoms with E-state index in [9.17, 15) is 0 Å². The minimum Gasteiger partial charge on any atom is -0.493 e. The number of hydrogen-bond donors (Lipinski definition) is 1. The molecule has 2 rings (SSSR count). The summed E-state index contributed by atoms with van der Waals surface area (Å²) >= 11 is 6.08. The molecular weight excluding hydrogens is 274 g/mol. The lowest BCUT2D eigenvalue weighted by atomic mass is 10.1. The smallest absolute Gasteiger partial charge is 0.164 e. The Hall–Kier alpha value is -1.71. The molecule has 0 atom stereocenters. The SMILES string of the molecule is COc1cc(Cl)cc(CCN)c1OCc1ccccc1. The fraction of sp³-hybridized carbons (Fsp3) is 0.250. The zero-order valence-electron chi connectivity index (χ0n) is 11.4. The van der Waals surface area contributed by atoms with Crippen LogP contribution in [0.3, 0.4) is 0 Å². The van der Waals surface area contributed by atoms with Crippen LogP contribution in [0.5, 0.6) is 11.5 Å². The normalized spacial score (nSPS) is 10.3. The van der Waals surface area contributed by atoms with E-state index in [-0.39, 0.29) is 0 Å². The predicted octanol–water partition coefficient (Wildman–Crippen LogP) is 3.43. The van der Waals surface area contributed by atoms with E-state index in [0.717, 1.165) is 11.1 Å². The van der Waals surface area contributed by atoms with E-state index in [4.69, 9.17) is 26.8 Å². The van der Waals surface area contributed by atoms with Crippen LogP contribution in [0, 0.1) is 0 Å². The standard InChI is InChI=1S/C16H18ClNO2/c1-19-15-10-14(17)9-13(7-8-18)16(15)20-11-12-5-3-2-4-6-12/h2-6,9-10H,7-8,11,18H2,1H3. The van der Waals surface area contributed by atoms with E-state index >= 15 is 0 Å². The predicted molar refractivity (Wildman–Crippen MR) is 81.5 cm³/mol. The van der Waals surface area contributed by atoms with Crippen molar-refractivity contribution in [3.8, 4) is 11.5 Å². The first-order chi connectivity index (χ1) is 9.74. The Morgan fingerprint density at radius 1 is 1.15 bits per heavy atom. The Kier molecular flexibility index (Phi) is 5.27. The van der Waals surface area contributed by atoms with Gasteiger partial charge in [0.05, 0.1) is 7.11 Å². The second kappa shape index (κ2) is 7.17. The number of halogens is 1. The molecule has 0 fully saturated rings. The second-order valence-corrected chi connectivity index (χ2v) is 4.85. The first-order valence-corrected chi connectivity index (χ1v) is 6.85. The molecule has 0 heterocycles. The van der Waals surface area contributed by atoms with Gasteiger partial charge in [0.15, 0.2) is 11.5 Å². The number of methoxy groups -OCH3 is 1. The van der Waals surface area contributed by atoms with Gasteiger partial charge in [-0.1, -0.05) is 41.9 Å². The molecule has 0 aliphatic heterocycles. The molecule has 0 aliphatic carbocycles. The van der Waals surface area contributed by atoms with Gasteiger partial charge in [0.1, 0.15) is 6.61 Å². The highest BCUT2D eigenvalue weighted by Gasteiger charge is 2.12. The van der Waals surface area contributed by atoms with Crippen molar-refractivity contribution in [1.82, 2.24) is 0 Å². The summed E-state index contributed by atoms with van der Waals surface area (Å²) in [7, 11) is 1.60. The van der Waals surface area contributed by atoms with Crippen LogP contribution in [0.2, 0.25) is 5.02 Å². The third-order valence-corrected chi connectivity index (χ3v) is 3.17. The Bertz CT molecular complexity index is 558. The Morgan fingerprint density at radius 2 is 1.90 bits per heavy atom. The first-order valence-electron chi connectivity index (χ1n) is 6.47. The molecule has 106 valence electrons. The summed E-state index contributed by atoms with van der Waals surface area (Å²) in [5.41, 5.74) is 7.70. The van der Waals surface area contributed by atoms with Gasteiger partial charge >= 0.3 is 0 Å². The summed E-state index contributed by atoms with van der Waals surface area (Å²) in [6.45, 7) is 1.02. The molecule has 4 heteroatoms. The molecule has 0 saturated carbocycles. The minimum atomic E-state index is 0.483. The van der Waals surface area contributed by atoms with Gasteiger partial charge in [-0.3, -0.25) is 0 Å². The molecule has 0 amide bonds. The highest BCUT2D eigenvalue weighted by Crippen LogP contribution is 2.35. The maximum Gasteiger partial charge on any atom is 0.164 e. The van der Waals surface area contributed by atoms with Crippen LogP contribution in [0.25, 0.3) is 0 Å². The third kappa shape index (κ3) is 3.65. The van der Waals surface area contributed by atoms with Gasteiger partial charge in [-0.2, -0.15) is 0 Å². The highest BCUT2D eigenvalue weighted by atomic mass is 35.5. The van der Waals surface area contributed by atoms with Gasteiger partial charge in [0.2, 0.25) is 0 Å². The summed E-state index contributed by atoms with van der Waals surface area (Å²) in [6, 6.07) is 13.6. The lowest BCUT2D eigenvalue weighted by molar-refractivity contribution is 0.281. The molecule has 0 radical (unpaired) electrons. The quantitative estimate of drug-likeness (QED) is 0.887. The first kappa shape index (κ1) is 14.7. The van der Waals surface area contributed by atoms with Crippen molar-refractivity contribution in [1.29, 1.82) is 0 Å². The summed E-state index contributed by atoms with van der Waals surface area (Å²) in [4.78, 5) is 0.